The largest absolute Gasteiger partial charge is 0.497 e. The molecule has 94 valence electrons. The fraction of sp³-hybridized carbons (Fsp3) is 0.300. The van der Waals surface area contributed by atoms with Gasteiger partial charge < -0.3 is 9.47 Å². The van der Waals surface area contributed by atoms with Crippen molar-refractivity contribution in [3.05, 3.63) is 23.8 Å². The molecule has 0 aromatic heterocycles. The van der Waals surface area contributed by atoms with Gasteiger partial charge in [-0.05, 0) is 12.1 Å². The van der Waals surface area contributed by atoms with Gasteiger partial charge in [0.05, 0.1) is 20.5 Å². The predicted molar refractivity (Wildman–Crippen MR) is 61.9 cm³/mol. The molecule has 0 aliphatic carbocycles. The quantitative estimate of drug-likeness (QED) is 0.846. The SMILES string of the molecule is COc1cc(OC)cc(C(=O)NS(C)(=O)=O)c1. The van der Waals surface area contributed by atoms with Gasteiger partial charge in [0.2, 0.25) is 10.0 Å². The number of amides is 1. The van der Waals surface area contributed by atoms with E-state index in [4.69, 9.17) is 9.47 Å². The summed E-state index contributed by atoms with van der Waals surface area (Å²) in [6.45, 7) is 0. The molecule has 0 saturated heterocycles. The highest BCUT2D eigenvalue weighted by atomic mass is 32.2. The normalized spacial score (nSPS) is 10.8. The molecule has 0 aliphatic heterocycles. The number of carbonyl (C=O) groups excluding carboxylic acids is 1. The lowest BCUT2D eigenvalue weighted by molar-refractivity contribution is 0.0981. The second kappa shape index (κ2) is 5.05. The van der Waals surface area contributed by atoms with Crippen molar-refractivity contribution in [2.24, 2.45) is 0 Å². The zero-order valence-electron chi connectivity index (χ0n) is 9.68. The molecule has 0 radical (unpaired) electrons. The Hall–Kier alpha value is -1.76. The van der Waals surface area contributed by atoms with Crippen LogP contribution in [0.15, 0.2) is 18.2 Å². The van der Waals surface area contributed by atoms with Crippen LogP contribution in [-0.4, -0.2) is 34.8 Å². The molecule has 6 nitrogen and oxygen atoms in total. The van der Waals surface area contributed by atoms with Crippen molar-refractivity contribution in [2.75, 3.05) is 20.5 Å². The van der Waals surface area contributed by atoms with Gasteiger partial charge in [0.15, 0.2) is 0 Å². The van der Waals surface area contributed by atoms with Crippen LogP contribution in [0.25, 0.3) is 0 Å². The number of sulfonamides is 1. The van der Waals surface area contributed by atoms with Crippen molar-refractivity contribution in [3.63, 3.8) is 0 Å². The van der Waals surface area contributed by atoms with Crippen LogP contribution in [0.3, 0.4) is 0 Å². The first-order valence-corrected chi connectivity index (χ1v) is 6.50. The van der Waals surface area contributed by atoms with E-state index in [1.807, 2.05) is 4.72 Å². The van der Waals surface area contributed by atoms with E-state index in [2.05, 4.69) is 0 Å². The second-order valence-corrected chi connectivity index (χ2v) is 5.05. The monoisotopic (exact) mass is 259 g/mol. The van der Waals surface area contributed by atoms with Gasteiger partial charge in [-0.1, -0.05) is 0 Å². The van der Waals surface area contributed by atoms with Crippen molar-refractivity contribution in [1.29, 1.82) is 0 Å². The Balaban J connectivity index is 3.08. The van der Waals surface area contributed by atoms with E-state index in [1.54, 1.807) is 6.07 Å². The van der Waals surface area contributed by atoms with E-state index >= 15 is 0 Å². The number of carbonyl (C=O) groups is 1. The molecule has 0 unspecified atom stereocenters. The number of nitrogens with one attached hydrogen (secondary N) is 1. The number of hydrogen-bond donors (Lipinski definition) is 1. The maximum absolute atomic E-state index is 11.6. The molecule has 17 heavy (non-hydrogen) atoms. The van der Waals surface area contributed by atoms with Crippen LogP contribution in [0.5, 0.6) is 11.5 Å². The standard InChI is InChI=1S/C10H13NO5S/c1-15-8-4-7(5-9(6-8)16-2)10(12)11-17(3,13)14/h4-6H,1-3H3,(H,11,12). The Morgan fingerprint density at radius 3 is 1.94 bits per heavy atom. The summed E-state index contributed by atoms with van der Waals surface area (Å²) in [5, 5.41) is 0. The van der Waals surface area contributed by atoms with Gasteiger partial charge in [-0.2, -0.15) is 0 Å². The second-order valence-electron chi connectivity index (χ2n) is 3.30. The lowest BCUT2D eigenvalue weighted by atomic mass is 10.2. The van der Waals surface area contributed by atoms with E-state index < -0.39 is 15.9 Å². The molecular weight excluding hydrogens is 246 g/mol. The van der Waals surface area contributed by atoms with Gasteiger partial charge in [-0.25, -0.2) is 13.1 Å². The molecule has 0 fully saturated rings. The van der Waals surface area contributed by atoms with Gasteiger partial charge in [-0.3, -0.25) is 4.79 Å². The third-order valence-corrected chi connectivity index (χ3v) is 2.45. The lowest BCUT2D eigenvalue weighted by Crippen LogP contribution is -2.29. The highest BCUT2D eigenvalue weighted by molar-refractivity contribution is 7.89. The van der Waals surface area contributed by atoms with E-state index in [9.17, 15) is 13.2 Å². The van der Waals surface area contributed by atoms with Gasteiger partial charge in [0.25, 0.3) is 5.91 Å². The molecule has 0 bridgehead atoms. The summed E-state index contributed by atoms with van der Waals surface area (Å²) in [5.41, 5.74) is 0.145. The minimum Gasteiger partial charge on any atom is -0.497 e. The van der Waals surface area contributed by atoms with Gasteiger partial charge in [-0.15, -0.1) is 0 Å². The Morgan fingerprint density at radius 1 is 1.12 bits per heavy atom. The summed E-state index contributed by atoms with van der Waals surface area (Å²) in [6, 6.07) is 4.42. The Morgan fingerprint density at radius 2 is 1.59 bits per heavy atom. The molecule has 0 aliphatic rings. The highest BCUT2D eigenvalue weighted by Crippen LogP contribution is 2.22. The fourth-order valence-electron chi connectivity index (χ4n) is 1.17. The lowest BCUT2D eigenvalue weighted by Gasteiger charge is -2.08. The van der Waals surface area contributed by atoms with Crippen LogP contribution in [0.4, 0.5) is 0 Å². The number of rotatable bonds is 4. The van der Waals surface area contributed by atoms with Crippen molar-refractivity contribution in [3.8, 4) is 11.5 Å². The molecule has 1 amide bonds. The molecule has 0 atom stereocenters. The van der Waals surface area contributed by atoms with Crippen LogP contribution in [0, 0.1) is 0 Å². The molecule has 1 rings (SSSR count). The average molecular weight is 259 g/mol. The summed E-state index contributed by atoms with van der Waals surface area (Å²) in [5.74, 6) is 0.0794. The Bertz CT molecular complexity index is 501. The van der Waals surface area contributed by atoms with E-state index in [0.717, 1.165) is 6.26 Å². The predicted octanol–water partition coefficient (Wildman–Crippen LogP) is 0.393. The summed E-state index contributed by atoms with van der Waals surface area (Å²) in [4.78, 5) is 11.6. The Kier molecular flexibility index (Phi) is 3.95. The smallest absolute Gasteiger partial charge is 0.264 e. The third kappa shape index (κ3) is 3.95. The van der Waals surface area contributed by atoms with Gasteiger partial charge >= 0.3 is 0 Å². The zero-order valence-corrected chi connectivity index (χ0v) is 10.5. The number of ether oxygens (including phenoxy) is 2. The average Bonchev–Trinajstić information content (AvgIpc) is 2.26. The summed E-state index contributed by atoms with van der Waals surface area (Å²) < 4.78 is 33.7. The van der Waals surface area contributed by atoms with E-state index in [1.165, 1.54) is 26.4 Å². The minimum atomic E-state index is -3.59. The first-order chi connectivity index (χ1) is 7.85. The summed E-state index contributed by atoms with van der Waals surface area (Å²) in [7, 11) is -0.717. The van der Waals surface area contributed by atoms with Crippen molar-refractivity contribution in [2.45, 2.75) is 0 Å². The van der Waals surface area contributed by atoms with Crippen LogP contribution in [0.2, 0.25) is 0 Å². The molecule has 7 heteroatoms. The maximum atomic E-state index is 11.6. The van der Waals surface area contributed by atoms with Crippen molar-refractivity contribution >= 4 is 15.9 Å². The van der Waals surface area contributed by atoms with Crippen LogP contribution >= 0.6 is 0 Å². The van der Waals surface area contributed by atoms with Crippen molar-refractivity contribution < 1.29 is 22.7 Å². The Labute approximate surface area is 99.6 Å². The van der Waals surface area contributed by atoms with Crippen LogP contribution < -0.4 is 14.2 Å². The molecule has 0 heterocycles. The van der Waals surface area contributed by atoms with E-state index in [0.29, 0.717) is 11.5 Å². The number of hydrogen-bond acceptors (Lipinski definition) is 5. The fourth-order valence-corrected chi connectivity index (χ4v) is 1.62. The first kappa shape index (κ1) is 13.3. The molecule has 1 aromatic carbocycles. The minimum absolute atomic E-state index is 0.145. The number of benzene rings is 1. The molecule has 0 spiro atoms. The maximum Gasteiger partial charge on any atom is 0.264 e. The van der Waals surface area contributed by atoms with Crippen LogP contribution in [0.1, 0.15) is 10.4 Å². The summed E-state index contributed by atoms with van der Waals surface area (Å²) in [6.07, 6.45) is 0.905. The van der Waals surface area contributed by atoms with Crippen LogP contribution in [-0.2, 0) is 10.0 Å². The van der Waals surface area contributed by atoms with Crippen molar-refractivity contribution in [1.82, 2.24) is 4.72 Å². The zero-order chi connectivity index (χ0) is 13.1. The van der Waals surface area contributed by atoms with Gasteiger partial charge in [0.1, 0.15) is 11.5 Å². The molecule has 1 aromatic rings. The number of methoxy groups -OCH3 is 2. The molecular formula is C10H13NO5S. The van der Waals surface area contributed by atoms with E-state index in [-0.39, 0.29) is 5.56 Å². The molecule has 1 N–H and O–H groups in total. The summed E-state index contributed by atoms with van der Waals surface area (Å²) >= 11 is 0. The third-order valence-electron chi connectivity index (χ3n) is 1.89. The highest BCUT2D eigenvalue weighted by Gasteiger charge is 2.13. The topological polar surface area (TPSA) is 81.7 Å². The first-order valence-electron chi connectivity index (χ1n) is 4.61. The van der Waals surface area contributed by atoms with Gasteiger partial charge in [0, 0.05) is 11.6 Å². The molecule has 0 saturated carbocycles.